The van der Waals surface area contributed by atoms with Gasteiger partial charge in [-0.15, -0.1) is 0 Å². The Morgan fingerprint density at radius 1 is 1.33 bits per heavy atom. The zero-order valence-corrected chi connectivity index (χ0v) is 9.68. The highest BCUT2D eigenvalue weighted by Crippen LogP contribution is 2.26. The van der Waals surface area contributed by atoms with Crippen LogP contribution >= 0.6 is 0 Å². The molecule has 0 radical (unpaired) electrons. The number of halogens is 4. The minimum Gasteiger partial charge on any atom is -0.471 e. The van der Waals surface area contributed by atoms with Gasteiger partial charge in [0.25, 0.3) is 0 Å². The normalized spacial score (nSPS) is 11.8. The van der Waals surface area contributed by atoms with E-state index >= 15 is 0 Å². The van der Waals surface area contributed by atoms with Crippen molar-refractivity contribution in [3.8, 4) is 5.88 Å². The molecule has 0 aliphatic rings. The lowest BCUT2D eigenvalue weighted by Crippen LogP contribution is -2.34. The van der Waals surface area contributed by atoms with Gasteiger partial charge in [0.05, 0.1) is 5.56 Å². The van der Waals surface area contributed by atoms with E-state index in [2.05, 4.69) is 20.1 Å². The SMILES string of the molecule is Cc1nc(NN)c(C)c(OCC(F)(F)C(F)F)n1. The van der Waals surface area contributed by atoms with E-state index in [1.807, 2.05) is 0 Å². The third kappa shape index (κ3) is 3.19. The van der Waals surface area contributed by atoms with E-state index in [-0.39, 0.29) is 23.1 Å². The lowest BCUT2D eigenvalue weighted by atomic mass is 10.3. The Bertz CT molecular complexity index is 427. The quantitative estimate of drug-likeness (QED) is 0.482. The maximum absolute atomic E-state index is 12.7. The van der Waals surface area contributed by atoms with Crippen molar-refractivity contribution in [1.29, 1.82) is 0 Å². The standard InChI is InChI=1S/C9H12F4N4O/c1-4-6(17-14)15-5(2)16-7(4)18-3-9(12,13)8(10)11/h8H,3,14H2,1-2H3,(H,15,16,17). The van der Waals surface area contributed by atoms with Crippen LogP contribution in [0.3, 0.4) is 0 Å². The lowest BCUT2D eigenvalue weighted by molar-refractivity contribution is -0.148. The Labute approximate surface area is 100 Å². The molecule has 0 aliphatic carbocycles. The molecule has 0 fully saturated rings. The monoisotopic (exact) mass is 268 g/mol. The number of nitrogen functional groups attached to an aromatic ring is 1. The second kappa shape index (κ2) is 5.34. The highest BCUT2D eigenvalue weighted by Gasteiger charge is 2.42. The molecule has 3 N–H and O–H groups in total. The Balaban J connectivity index is 2.89. The largest absolute Gasteiger partial charge is 0.471 e. The zero-order chi connectivity index (χ0) is 13.9. The van der Waals surface area contributed by atoms with Gasteiger partial charge in [0.2, 0.25) is 5.88 Å². The van der Waals surface area contributed by atoms with Crippen molar-refractivity contribution in [1.82, 2.24) is 9.97 Å². The molecule has 0 unspecified atom stereocenters. The summed E-state index contributed by atoms with van der Waals surface area (Å²) in [6.07, 6.45) is -3.80. The number of aromatic nitrogens is 2. The predicted octanol–water partition coefficient (Wildman–Crippen LogP) is 1.66. The highest BCUT2D eigenvalue weighted by atomic mass is 19.3. The molecule has 9 heteroatoms. The Kier molecular flexibility index (Phi) is 4.28. The number of nitrogens with zero attached hydrogens (tertiary/aromatic N) is 2. The molecule has 102 valence electrons. The van der Waals surface area contributed by atoms with Gasteiger partial charge in [-0.3, -0.25) is 0 Å². The van der Waals surface area contributed by atoms with Gasteiger partial charge in [-0.2, -0.15) is 13.8 Å². The first-order valence-electron chi connectivity index (χ1n) is 4.88. The summed E-state index contributed by atoms with van der Waals surface area (Å²) in [5.41, 5.74) is 2.49. The average molecular weight is 268 g/mol. The molecule has 0 amide bonds. The molecule has 0 spiro atoms. The first-order chi connectivity index (χ1) is 8.27. The molecule has 1 heterocycles. The van der Waals surface area contributed by atoms with E-state index in [4.69, 9.17) is 5.84 Å². The van der Waals surface area contributed by atoms with Crippen LogP contribution in [0.15, 0.2) is 0 Å². The summed E-state index contributed by atoms with van der Waals surface area (Å²) < 4.78 is 53.9. The van der Waals surface area contributed by atoms with Crippen molar-refractivity contribution in [2.24, 2.45) is 5.84 Å². The average Bonchev–Trinajstić information content (AvgIpc) is 2.29. The van der Waals surface area contributed by atoms with Crippen molar-refractivity contribution in [3.05, 3.63) is 11.4 Å². The van der Waals surface area contributed by atoms with E-state index in [1.165, 1.54) is 13.8 Å². The molecule has 1 rings (SSSR count). The summed E-state index contributed by atoms with van der Waals surface area (Å²) in [6, 6.07) is 0. The number of rotatable bonds is 5. The Morgan fingerprint density at radius 3 is 2.44 bits per heavy atom. The highest BCUT2D eigenvalue weighted by molar-refractivity contribution is 5.47. The first kappa shape index (κ1) is 14.4. The zero-order valence-electron chi connectivity index (χ0n) is 9.68. The number of anilines is 1. The number of ether oxygens (including phenoxy) is 1. The number of nitrogens with two attached hydrogens (primary N) is 1. The van der Waals surface area contributed by atoms with Gasteiger partial charge >= 0.3 is 12.3 Å². The summed E-state index contributed by atoms with van der Waals surface area (Å²) in [5.74, 6) is 1.10. The smallest absolute Gasteiger partial charge is 0.340 e. The number of alkyl halides is 4. The van der Waals surface area contributed by atoms with Gasteiger partial charge < -0.3 is 10.2 Å². The fourth-order valence-corrected chi connectivity index (χ4v) is 1.11. The van der Waals surface area contributed by atoms with Gasteiger partial charge in [0.1, 0.15) is 11.6 Å². The first-order valence-corrected chi connectivity index (χ1v) is 4.88. The summed E-state index contributed by atoms with van der Waals surface area (Å²) in [7, 11) is 0. The van der Waals surface area contributed by atoms with Crippen molar-refractivity contribution in [2.75, 3.05) is 12.0 Å². The van der Waals surface area contributed by atoms with E-state index in [1.54, 1.807) is 0 Å². The van der Waals surface area contributed by atoms with E-state index < -0.39 is 19.0 Å². The number of nitrogens with one attached hydrogen (secondary N) is 1. The van der Waals surface area contributed by atoms with Crippen molar-refractivity contribution in [2.45, 2.75) is 26.2 Å². The molecule has 5 nitrogen and oxygen atoms in total. The molecule has 0 atom stereocenters. The molecular weight excluding hydrogens is 256 g/mol. The fraction of sp³-hybridized carbons (Fsp3) is 0.556. The molecule has 0 saturated carbocycles. The summed E-state index contributed by atoms with van der Waals surface area (Å²) in [6.45, 7) is 1.48. The van der Waals surface area contributed by atoms with E-state index in [0.29, 0.717) is 0 Å². The second-order valence-corrected chi connectivity index (χ2v) is 3.54. The van der Waals surface area contributed by atoms with Crippen LogP contribution in [0, 0.1) is 13.8 Å². The number of hydrogen-bond acceptors (Lipinski definition) is 5. The molecule has 1 aromatic rings. The number of hydrogen-bond donors (Lipinski definition) is 2. The second-order valence-electron chi connectivity index (χ2n) is 3.54. The molecule has 0 saturated heterocycles. The molecular formula is C9H12F4N4O. The number of hydrazine groups is 1. The summed E-state index contributed by atoms with van der Waals surface area (Å²) in [4.78, 5) is 7.61. The molecule has 1 aromatic heterocycles. The fourth-order valence-electron chi connectivity index (χ4n) is 1.11. The Morgan fingerprint density at radius 2 is 1.94 bits per heavy atom. The van der Waals surface area contributed by atoms with Crippen LogP contribution in [0.1, 0.15) is 11.4 Å². The predicted molar refractivity (Wildman–Crippen MR) is 55.8 cm³/mol. The van der Waals surface area contributed by atoms with E-state index in [0.717, 1.165) is 0 Å². The minimum absolute atomic E-state index is 0.179. The van der Waals surface area contributed by atoms with Gasteiger partial charge in [-0.1, -0.05) is 0 Å². The third-order valence-electron chi connectivity index (χ3n) is 2.07. The maximum Gasteiger partial charge on any atom is 0.340 e. The molecule has 0 aromatic carbocycles. The third-order valence-corrected chi connectivity index (χ3v) is 2.07. The summed E-state index contributed by atoms with van der Waals surface area (Å²) in [5, 5.41) is 0. The van der Waals surface area contributed by atoms with Gasteiger partial charge in [-0.05, 0) is 13.8 Å². The molecule has 0 bridgehead atoms. The van der Waals surface area contributed by atoms with Crippen LogP contribution in [0.2, 0.25) is 0 Å². The lowest BCUT2D eigenvalue weighted by Gasteiger charge is -2.17. The van der Waals surface area contributed by atoms with Crippen molar-refractivity contribution >= 4 is 5.82 Å². The van der Waals surface area contributed by atoms with Gasteiger partial charge in [0, 0.05) is 0 Å². The van der Waals surface area contributed by atoms with Crippen LogP contribution < -0.4 is 16.0 Å². The maximum atomic E-state index is 12.7. The van der Waals surface area contributed by atoms with E-state index in [9.17, 15) is 17.6 Å². The number of aryl methyl sites for hydroxylation is 1. The van der Waals surface area contributed by atoms with Crippen LogP contribution in [0.4, 0.5) is 23.4 Å². The minimum atomic E-state index is -4.23. The topological polar surface area (TPSA) is 73.1 Å². The van der Waals surface area contributed by atoms with Crippen LogP contribution in [-0.2, 0) is 0 Å². The van der Waals surface area contributed by atoms with Gasteiger partial charge in [-0.25, -0.2) is 19.6 Å². The van der Waals surface area contributed by atoms with Crippen LogP contribution in [-0.4, -0.2) is 28.9 Å². The van der Waals surface area contributed by atoms with Crippen LogP contribution in [0.25, 0.3) is 0 Å². The van der Waals surface area contributed by atoms with Crippen molar-refractivity contribution < 1.29 is 22.3 Å². The van der Waals surface area contributed by atoms with Crippen molar-refractivity contribution in [3.63, 3.8) is 0 Å². The Hall–Kier alpha value is -1.64. The van der Waals surface area contributed by atoms with Gasteiger partial charge in [0.15, 0.2) is 6.61 Å². The molecule has 18 heavy (non-hydrogen) atoms. The molecule has 0 aliphatic heterocycles. The summed E-state index contributed by atoms with van der Waals surface area (Å²) >= 11 is 0. The van der Waals surface area contributed by atoms with Crippen LogP contribution in [0.5, 0.6) is 5.88 Å².